The van der Waals surface area contributed by atoms with Gasteiger partial charge in [-0.2, -0.15) is 0 Å². The van der Waals surface area contributed by atoms with Gasteiger partial charge in [-0.15, -0.1) is 0 Å². The number of benzene rings is 1. The molecule has 25 heavy (non-hydrogen) atoms. The normalized spacial score (nSPS) is 10.5. The van der Waals surface area contributed by atoms with E-state index in [1.807, 2.05) is 19.9 Å². The Balaban J connectivity index is 1.90. The molecule has 0 aliphatic heterocycles. The van der Waals surface area contributed by atoms with E-state index in [2.05, 4.69) is 15.3 Å². The predicted octanol–water partition coefficient (Wildman–Crippen LogP) is 3.53. The molecule has 5 nitrogen and oxygen atoms in total. The summed E-state index contributed by atoms with van der Waals surface area (Å²) in [6, 6.07) is 6.71. The van der Waals surface area contributed by atoms with E-state index in [4.69, 9.17) is 0 Å². The molecule has 0 saturated carbocycles. The van der Waals surface area contributed by atoms with Crippen LogP contribution in [0.4, 0.5) is 10.2 Å². The minimum Gasteiger partial charge on any atom is -0.368 e. The van der Waals surface area contributed by atoms with E-state index in [9.17, 15) is 9.18 Å². The smallest absolute Gasteiger partial charge is 0.274 e. The van der Waals surface area contributed by atoms with E-state index >= 15 is 0 Å². The van der Waals surface area contributed by atoms with Gasteiger partial charge < -0.3 is 10.2 Å². The number of aromatic nitrogens is 2. The average Bonchev–Trinajstić information content (AvgIpc) is 2.63. The summed E-state index contributed by atoms with van der Waals surface area (Å²) >= 11 is 0. The van der Waals surface area contributed by atoms with Gasteiger partial charge in [0, 0.05) is 19.6 Å². The van der Waals surface area contributed by atoms with Gasteiger partial charge >= 0.3 is 0 Å². The average molecular weight is 344 g/mol. The molecule has 2 aromatic rings. The molecular formula is C19H25FN4O. The van der Waals surface area contributed by atoms with Crippen LogP contribution in [0.25, 0.3) is 0 Å². The standard InChI is InChI=1S/C19H25FN4O/c1-3-11-24(12-4-2)19(25)17-13-23-18(14-22-17)21-10-9-15-7-5-6-8-16(15)20/h5-8,13-14H,3-4,9-12H2,1-2H3,(H,21,23). The fourth-order valence-electron chi connectivity index (χ4n) is 2.57. The van der Waals surface area contributed by atoms with Crippen molar-refractivity contribution in [2.24, 2.45) is 0 Å². The Hall–Kier alpha value is -2.50. The van der Waals surface area contributed by atoms with Crippen LogP contribution >= 0.6 is 0 Å². The molecule has 2 rings (SSSR count). The quantitative estimate of drug-likeness (QED) is 0.756. The maximum absolute atomic E-state index is 13.6. The number of halogens is 1. The summed E-state index contributed by atoms with van der Waals surface area (Å²) in [4.78, 5) is 22.7. The van der Waals surface area contributed by atoms with E-state index in [-0.39, 0.29) is 11.7 Å². The summed E-state index contributed by atoms with van der Waals surface area (Å²) in [5.74, 6) is 0.280. The lowest BCUT2D eigenvalue weighted by molar-refractivity contribution is 0.0749. The highest BCUT2D eigenvalue weighted by Gasteiger charge is 2.15. The Morgan fingerprint density at radius 1 is 1.12 bits per heavy atom. The number of amides is 1. The van der Waals surface area contributed by atoms with Crippen LogP contribution in [-0.2, 0) is 6.42 Å². The summed E-state index contributed by atoms with van der Waals surface area (Å²) in [5, 5.41) is 3.10. The van der Waals surface area contributed by atoms with Crippen LogP contribution in [-0.4, -0.2) is 40.4 Å². The molecule has 0 fully saturated rings. The number of nitrogens with zero attached hydrogens (tertiary/aromatic N) is 3. The molecule has 6 heteroatoms. The zero-order valence-electron chi connectivity index (χ0n) is 14.8. The fraction of sp³-hybridized carbons (Fsp3) is 0.421. The second-order valence-corrected chi connectivity index (χ2v) is 5.85. The molecule has 1 aromatic heterocycles. The first-order chi connectivity index (χ1) is 12.2. The van der Waals surface area contributed by atoms with Crippen molar-refractivity contribution in [3.8, 4) is 0 Å². The summed E-state index contributed by atoms with van der Waals surface area (Å²) < 4.78 is 13.6. The SMILES string of the molecule is CCCN(CCC)C(=O)c1cnc(NCCc2ccccc2F)cn1. The first-order valence-electron chi connectivity index (χ1n) is 8.74. The molecule has 0 aliphatic rings. The van der Waals surface area contributed by atoms with Gasteiger partial charge in [-0.05, 0) is 30.9 Å². The lowest BCUT2D eigenvalue weighted by Crippen LogP contribution is -2.33. The minimum absolute atomic E-state index is 0.0888. The second kappa shape index (κ2) is 9.71. The summed E-state index contributed by atoms with van der Waals surface area (Å²) in [6.07, 6.45) is 5.41. The van der Waals surface area contributed by atoms with E-state index in [1.54, 1.807) is 23.2 Å². The molecule has 0 radical (unpaired) electrons. The van der Waals surface area contributed by atoms with Crippen molar-refractivity contribution in [3.63, 3.8) is 0 Å². The van der Waals surface area contributed by atoms with Crippen molar-refractivity contribution in [1.29, 1.82) is 0 Å². The van der Waals surface area contributed by atoms with Crippen LogP contribution in [0.1, 0.15) is 42.7 Å². The molecule has 0 aliphatic carbocycles. The van der Waals surface area contributed by atoms with Crippen LogP contribution in [0.3, 0.4) is 0 Å². The Morgan fingerprint density at radius 3 is 2.44 bits per heavy atom. The molecule has 0 unspecified atom stereocenters. The predicted molar refractivity (Wildman–Crippen MR) is 97.1 cm³/mol. The van der Waals surface area contributed by atoms with Crippen molar-refractivity contribution in [3.05, 3.63) is 53.7 Å². The van der Waals surface area contributed by atoms with Crippen molar-refractivity contribution in [2.75, 3.05) is 25.0 Å². The van der Waals surface area contributed by atoms with Crippen LogP contribution in [0.5, 0.6) is 0 Å². The van der Waals surface area contributed by atoms with Crippen LogP contribution in [0.15, 0.2) is 36.7 Å². The van der Waals surface area contributed by atoms with Crippen LogP contribution in [0.2, 0.25) is 0 Å². The van der Waals surface area contributed by atoms with Gasteiger partial charge in [0.15, 0.2) is 0 Å². The molecule has 0 bridgehead atoms. The Morgan fingerprint density at radius 2 is 1.84 bits per heavy atom. The number of hydrogen-bond donors (Lipinski definition) is 1. The zero-order chi connectivity index (χ0) is 18.1. The molecule has 1 heterocycles. The van der Waals surface area contributed by atoms with Gasteiger partial charge in [-0.1, -0.05) is 32.0 Å². The highest BCUT2D eigenvalue weighted by Crippen LogP contribution is 2.09. The number of nitrogens with one attached hydrogen (secondary N) is 1. The number of hydrogen-bond acceptors (Lipinski definition) is 4. The van der Waals surface area contributed by atoms with Gasteiger partial charge in [0.1, 0.15) is 17.3 Å². The van der Waals surface area contributed by atoms with Crippen molar-refractivity contribution < 1.29 is 9.18 Å². The van der Waals surface area contributed by atoms with E-state index < -0.39 is 0 Å². The van der Waals surface area contributed by atoms with Gasteiger partial charge in [-0.3, -0.25) is 4.79 Å². The summed E-state index contributed by atoms with van der Waals surface area (Å²) in [6.45, 7) is 6.07. The Kier molecular flexibility index (Phi) is 7.32. The summed E-state index contributed by atoms with van der Waals surface area (Å²) in [5.41, 5.74) is 1.01. The lowest BCUT2D eigenvalue weighted by Gasteiger charge is -2.20. The third-order valence-electron chi connectivity index (χ3n) is 3.80. The van der Waals surface area contributed by atoms with Gasteiger partial charge in [0.25, 0.3) is 5.91 Å². The Labute approximate surface area is 148 Å². The van der Waals surface area contributed by atoms with E-state index in [0.29, 0.717) is 30.0 Å². The van der Waals surface area contributed by atoms with Crippen molar-refractivity contribution in [1.82, 2.24) is 14.9 Å². The fourth-order valence-corrected chi connectivity index (χ4v) is 2.57. The van der Waals surface area contributed by atoms with Crippen LogP contribution < -0.4 is 5.32 Å². The molecule has 1 aromatic carbocycles. The lowest BCUT2D eigenvalue weighted by atomic mass is 10.1. The molecule has 134 valence electrons. The van der Waals surface area contributed by atoms with Crippen molar-refractivity contribution in [2.45, 2.75) is 33.1 Å². The van der Waals surface area contributed by atoms with Gasteiger partial charge in [-0.25, -0.2) is 14.4 Å². The number of carbonyl (C=O) groups excluding carboxylic acids is 1. The minimum atomic E-state index is -0.205. The first-order valence-corrected chi connectivity index (χ1v) is 8.74. The first kappa shape index (κ1) is 18.8. The van der Waals surface area contributed by atoms with Gasteiger partial charge in [0.05, 0.1) is 12.4 Å². The third kappa shape index (κ3) is 5.52. The molecule has 0 spiro atoms. The topological polar surface area (TPSA) is 58.1 Å². The third-order valence-corrected chi connectivity index (χ3v) is 3.80. The summed E-state index contributed by atoms with van der Waals surface area (Å²) in [7, 11) is 0. The highest BCUT2D eigenvalue weighted by atomic mass is 19.1. The Bertz CT molecular complexity index is 669. The molecule has 1 amide bonds. The molecule has 0 atom stereocenters. The zero-order valence-corrected chi connectivity index (χ0v) is 14.8. The van der Waals surface area contributed by atoms with Gasteiger partial charge in [0.2, 0.25) is 0 Å². The molecule has 1 N–H and O–H groups in total. The monoisotopic (exact) mass is 344 g/mol. The number of anilines is 1. The number of rotatable bonds is 9. The van der Waals surface area contributed by atoms with Crippen LogP contribution in [0, 0.1) is 5.82 Å². The molecule has 0 saturated heterocycles. The van der Waals surface area contributed by atoms with E-state index in [0.717, 1.165) is 25.9 Å². The molecular weight excluding hydrogens is 319 g/mol. The second-order valence-electron chi connectivity index (χ2n) is 5.85. The van der Waals surface area contributed by atoms with Crippen molar-refractivity contribution >= 4 is 11.7 Å². The van der Waals surface area contributed by atoms with E-state index in [1.165, 1.54) is 12.3 Å². The maximum atomic E-state index is 13.6. The largest absolute Gasteiger partial charge is 0.368 e. The highest BCUT2D eigenvalue weighted by molar-refractivity contribution is 5.92. The number of carbonyl (C=O) groups is 1. The maximum Gasteiger partial charge on any atom is 0.274 e.